The van der Waals surface area contributed by atoms with Crippen LogP contribution in [0.1, 0.15) is 65.5 Å². The summed E-state index contributed by atoms with van der Waals surface area (Å²) in [5, 5.41) is 22.6. The first kappa shape index (κ1) is 29.1. The third kappa shape index (κ3) is 6.56. The van der Waals surface area contributed by atoms with Gasteiger partial charge in [-0.1, -0.05) is 101 Å². The molecule has 0 saturated carbocycles. The molecule has 0 N–H and O–H groups in total. The van der Waals surface area contributed by atoms with E-state index in [9.17, 15) is 19.8 Å². The van der Waals surface area contributed by atoms with Gasteiger partial charge in [-0.15, -0.1) is 0 Å². The van der Waals surface area contributed by atoms with Crippen molar-refractivity contribution >= 4 is 35.0 Å². The summed E-state index contributed by atoms with van der Waals surface area (Å²) in [6.07, 6.45) is 1.64. The maximum Gasteiger partial charge on any atom is 2.00 e. The van der Waals surface area contributed by atoms with E-state index in [4.69, 9.17) is 0 Å². The molecule has 0 aliphatic heterocycles. The molecule has 164 valence electrons. The van der Waals surface area contributed by atoms with Gasteiger partial charge in [0, 0.05) is 10.8 Å². The summed E-state index contributed by atoms with van der Waals surface area (Å²) in [4.78, 5) is 22.6. The van der Waals surface area contributed by atoms with Gasteiger partial charge in [0.2, 0.25) is 0 Å². The minimum absolute atomic E-state index is 0. The molecule has 0 aromatic heterocycles. The summed E-state index contributed by atoms with van der Waals surface area (Å²) >= 11 is 0. The normalized spacial score (nSPS) is 16.2. The molecule has 0 aliphatic carbocycles. The molecule has 5 heteroatoms. The van der Waals surface area contributed by atoms with Crippen LogP contribution in [-0.2, 0) is 20.4 Å². The van der Waals surface area contributed by atoms with Crippen molar-refractivity contribution in [3.8, 4) is 0 Å². The number of carbonyl (C=O) groups excluding carboxylic acids is 2. The minimum atomic E-state index is -0.997. The van der Waals surface area contributed by atoms with Crippen molar-refractivity contribution in [1.29, 1.82) is 0 Å². The Kier molecular flexibility index (Phi) is 12.1. The van der Waals surface area contributed by atoms with Gasteiger partial charge in [0.1, 0.15) is 0 Å². The fourth-order valence-electron chi connectivity index (χ4n) is 3.59. The van der Waals surface area contributed by atoms with E-state index in [0.717, 1.165) is 24.0 Å². The van der Waals surface area contributed by atoms with E-state index < -0.39 is 22.8 Å². The molecule has 0 saturated heterocycles. The first-order valence-corrected chi connectivity index (χ1v) is 10.6. The first-order valence-electron chi connectivity index (χ1n) is 10.6. The second-order valence-electron chi connectivity index (χ2n) is 8.33. The van der Waals surface area contributed by atoms with Crippen LogP contribution in [0.4, 0.5) is 0 Å². The van der Waals surface area contributed by atoms with Crippen LogP contribution in [0.3, 0.4) is 0 Å². The number of aliphatic carboxylic acids is 2. The molecule has 0 fully saturated rings. The summed E-state index contributed by atoms with van der Waals surface area (Å²) in [6.45, 7) is 11.4. The van der Waals surface area contributed by atoms with Gasteiger partial charge < -0.3 is 19.8 Å². The van der Waals surface area contributed by atoms with Crippen LogP contribution < -0.4 is 10.2 Å². The smallest absolute Gasteiger partial charge is 0.549 e. The summed E-state index contributed by atoms with van der Waals surface area (Å²) in [7, 11) is 0. The van der Waals surface area contributed by atoms with Crippen LogP contribution in [0.15, 0.2) is 60.7 Å². The summed E-state index contributed by atoms with van der Waals surface area (Å²) < 4.78 is 0. The number of hydrogen-bond donors (Lipinski definition) is 0. The molecule has 4 atom stereocenters. The number of hydrogen-bond acceptors (Lipinski definition) is 4. The predicted molar refractivity (Wildman–Crippen MR) is 122 cm³/mol. The second kappa shape index (κ2) is 12.9. The topological polar surface area (TPSA) is 80.3 Å². The number of benzene rings is 2. The van der Waals surface area contributed by atoms with Gasteiger partial charge in [-0.3, -0.25) is 0 Å². The zero-order valence-corrected chi connectivity index (χ0v) is 21.1. The quantitative estimate of drug-likeness (QED) is 0.598. The van der Waals surface area contributed by atoms with Crippen molar-refractivity contribution in [1.82, 2.24) is 0 Å². The number of rotatable bonds is 8. The molecule has 0 heterocycles. The van der Waals surface area contributed by atoms with E-state index >= 15 is 0 Å². The maximum absolute atomic E-state index is 11.3. The third-order valence-electron chi connectivity index (χ3n) is 6.79. The molecule has 4 nitrogen and oxygen atoms in total. The molecule has 2 aromatic rings. The van der Waals surface area contributed by atoms with Gasteiger partial charge in [0.05, 0.1) is 11.9 Å². The van der Waals surface area contributed by atoms with Gasteiger partial charge >= 0.3 is 23.1 Å². The van der Waals surface area contributed by atoms with Gasteiger partial charge in [-0.05, 0) is 36.8 Å². The second-order valence-corrected chi connectivity index (χ2v) is 8.33. The van der Waals surface area contributed by atoms with Crippen molar-refractivity contribution in [2.45, 2.75) is 65.2 Å². The van der Waals surface area contributed by atoms with Crippen LogP contribution in [0, 0.1) is 11.8 Å². The number of carboxylic acids is 2. The van der Waals surface area contributed by atoms with Gasteiger partial charge in [0.25, 0.3) is 0 Å². The standard InChI is InChI=1S/2C13H18O2.Mg/c2*1-4-10(2)13(3,12(14)15)11-8-6-5-7-9-11;/h2*5-10H,4H2,1-3H3,(H,14,15);/q;;+2/p-2. The summed E-state index contributed by atoms with van der Waals surface area (Å²) in [6, 6.07) is 18.6. The maximum atomic E-state index is 11.3. The molecular formula is C26H34MgO4. The Morgan fingerprint density at radius 3 is 1.16 bits per heavy atom. The van der Waals surface area contributed by atoms with Crippen LogP contribution in [0.2, 0.25) is 0 Å². The van der Waals surface area contributed by atoms with Gasteiger partial charge in [-0.2, -0.15) is 0 Å². The molecule has 0 aliphatic rings. The predicted octanol–water partition coefficient (Wildman–Crippen LogP) is 3.10. The molecule has 0 amide bonds. The van der Waals surface area contributed by atoms with E-state index in [1.165, 1.54) is 0 Å². The van der Waals surface area contributed by atoms with Crippen molar-refractivity contribution in [2.75, 3.05) is 0 Å². The number of carboxylic acid groups (broad SMARTS) is 2. The summed E-state index contributed by atoms with van der Waals surface area (Å²) in [5.74, 6) is -1.87. The van der Waals surface area contributed by atoms with Gasteiger partial charge in [0.15, 0.2) is 0 Å². The Labute approximate surface area is 203 Å². The van der Waals surface area contributed by atoms with Crippen molar-refractivity contribution in [3.05, 3.63) is 71.8 Å². The van der Waals surface area contributed by atoms with Crippen LogP contribution in [-0.4, -0.2) is 35.0 Å². The average molecular weight is 435 g/mol. The molecule has 0 bridgehead atoms. The van der Waals surface area contributed by atoms with E-state index in [-0.39, 0.29) is 34.9 Å². The Morgan fingerprint density at radius 2 is 0.968 bits per heavy atom. The fraction of sp³-hybridized carbons (Fsp3) is 0.462. The first-order chi connectivity index (χ1) is 14.1. The molecule has 2 rings (SSSR count). The fourth-order valence-corrected chi connectivity index (χ4v) is 3.59. The molecule has 0 radical (unpaired) electrons. The van der Waals surface area contributed by atoms with Crippen molar-refractivity contribution < 1.29 is 19.8 Å². The molecule has 31 heavy (non-hydrogen) atoms. The van der Waals surface area contributed by atoms with Crippen LogP contribution >= 0.6 is 0 Å². The Bertz CT molecular complexity index is 739. The number of carbonyl (C=O) groups is 2. The van der Waals surface area contributed by atoms with Gasteiger partial charge in [-0.25, -0.2) is 0 Å². The van der Waals surface area contributed by atoms with E-state index in [0.29, 0.717) is 0 Å². The Morgan fingerprint density at radius 1 is 0.710 bits per heavy atom. The zero-order valence-electron chi connectivity index (χ0n) is 19.7. The Balaban J connectivity index is 0.000000562. The zero-order chi connectivity index (χ0) is 22.9. The van der Waals surface area contributed by atoms with Crippen molar-refractivity contribution in [2.24, 2.45) is 11.8 Å². The van der Waals surface area contributed by atoms with Crippen molar-refractivity contribution in [3.63, 3.8) is 0 Å². The monoisotopic (exact) mass is 434 g/mol. The van der Waals surface area contributed by atoms with E-state index in [2.05, 4.69) is 0 Å². The largest absolute Gasteiger partial charge is 2.00 e. The SMILES string of the molecule is CCC(C)C(C)(C(=O)[O-])c1ccccc1.CCC(C)C(C)(C(=O)[O-])c1ccccc1.[Mg+2]. The van der Waals surface area contributed by atoms with Crippen LogP contribution in [0.25, 0.3) is 0 Å². The molecule has 2 aromatic carbocycles. The summed E-state index contributed by atoms with van der Waals surface area (Å²) in [5.41, 5.74) is -0.148. The molecule has 4 unspecified atom stereocenters. The molecule has 0 spiro atoms. The minimum Gasteiger partial charge on any atom is -0.549 e. The average Bonchev–Trinajstić information content (AvgIpc) is 2.78. The van der Waals surface area contributed by atoms with E-state index in [1.54, 1.807) is 13.8 Å². The third-order valence-corrected chi connectivity index (χ3v) is 6.79. The molecular weight excluding hydrogens is 401 g/mol. The Hall–Kier alpha value is -1.85. The van der Waals surface area contributed by atoms with E-state index in [1.807, 2.05) is 88.4 Å². The van der Waals surface area contributed by atoms with Crippen LogP contribution in [0.5, 0.6) is 0 Å².